The molecule has 0 aromatic carbocycles. The second kappa shape index (κ2) is 4.52. The lowest BCUT2D eigenvalue weighted by atomic mass is 9.87. The minimum Gasteiger partial charge on any atom is -0.353 e. The summed E-state index contributed by atoms with van der Waals surface area (Å²) in [4.78, 5) is 11.5. The first-order chi connectivity index (χ1) is 6.79. The topological polar surface area (TPSA) is 29.1 Å². The normalized spacial score (nSPS) is 32.6. The second-order valence-corrected chi connectivity index (χ2v) is 4.96. The van der Waals surface area contributed by atoms with Gasteiger partial charge in [0.25, 0.3) is 0 Å². The van der Waals surface area contributed by atoms with Crippen molar-refractivity contribution in [2.24, 2.45) is 11.8 Å². The molecule has 1 N–H and O–H groups in total. The van der Waals surface area contributed by atoms with Crippen LogP contribution in [0.5, 0.6) is 0 Å². The molecule has 1 amide bonds. The molecule has 3 heteroatoms. The van der Waals surface area contributed by atoms with E-state index in [2.05, 4.69) is 5.32 Å². The van der Waals surface area contributed by atoms with E-state index in [0.717, 1.165) is 31.6 Å². The molecule has 2 aliphatic carbocycles. The summed E-state index contributed by atoms with van der Waals surface area (Å²) in [5.74, 6) is 2.11. The van der Waals surface area contributed by atoms with Crippen LogP contribution in [0.3, 0.4) is 0 Å². The van der Waals surface area contributed by atoms with Crippen molar-refractivity contribution in [1.29, 1.82) is 0 Å². The van der Waals surface area contributed by atoms with Gasteiger partial charge in [0.2, 0.25) is 5.91 Å². The maximum atomic E-state index is 11.5. The molecule has 0 unspecified atom stereocenters. The van der Waals surface area contributed by atoms with Crippen LogP contribution < -0.4 is 5.32 Å². The van der Waals surface area contributed by atoms with Crippen LogP contribution in [0.4, 0.5) is 0 Å². The summed E-state index contributed by atoms with van der Waals surface area (Å²) < 4.78 is 0. The van der Waals surface area contributed by atoms with Gasteiger partial charge in [-0.2, -0.15) is 0 Å². The Kier molecular flexibility index (Phi) is 3.32. The number of nitrogens with one attached hydrogen (secondary N) is 1. The number of alkyl halides is 1. The maximum absolute atomic E-state index is 11.5. The molecular weight excluding hydrogens is 198 g/mol. The molecule has 2 rings (SSSR count). The molecular formula is C11H18ClNO. The maximum Gasteiger partial charge on any atom is 0.223 e. The van der Waals surface area contributed by atoms with Crippen molar-refractivity contribution in [1.82, 2.24) is 5.32 Å². The van der Waals surface area contributed by atoms with Crippen molar-refractivity contribution >= 4 is 17.5 Å². The molecule has 2 fully saturated rings. The Labute approximate surface area is 90.4 Å². The lowest BCUT2D eigenvalue weighted by Crippen LogP contribution is -2.38. The van der Waals surface area contributed by atoms with Gasteiger partial charge in [-0.15, -0.1) is 11.6 Å². The predicted octanol–water partition coefficient (Wildman–Crippen LogP) is 2.31. The Balaban J connectivity index is 1.69. The van der Waals surface area contributed by atoms with Crippen LogP contribution in [0.1, 0.15) is 38.5 Å². The quantitative estimate of drug-likeness (QED) is 0.720. The fourth-order valence-corrected chi connectivity index (χ4v) is 2.43. The molecule has 80 valence electrons. The van der Waals surface area contributed by atoms with E-state index in [-0.39, 0.29) is 0 Å². The Hall–Kier alpha value is -0.240. The van der Waals surface area contributed by atoms with E-state index in [1.165, 1.54) is 12.8 Å². The van der Waals surface area contributed by atoms with Crippen molar-refractivity contribution < 1.29 is 4.79 Å². The lowest BCUT2D eigenvalue weighted by Gasteiger charge is -2.27. The smallest absolute Gasteiger partial charge is 0.223 e. The van der Waals surface area contributed by atoms with Gasteiger partial charge in [0.05, 0.1) is 0 Å². The molecule has 2 saturated carbocycles. The summed E-state index contributed by atoms with van der Waals surface area (Å²) >= 11 is 5.81. The Bertz CT molecular complexity index is 207. The van der Waals surface area contributed by atoms with Crippen LogP contribution in [0.2, 0.25) is 0 Å². The van der Waals surface area contributed by atoms with Gasteiger partial charge in [0, 0.05) is 17.8 Å². The van der Waals surface area contributed by atoms with E-state index in [4.69, 9.17) is 11.6 Å². The van der Waals surface area contributed by atoms with E-state index in [0.29, 0.717) is 23.8 Å². The van der Waals surface area contributed by atoms with Crippen molar-refractivity contribution in [3.63, 3.8) is 0 Å². The molecule has 0 aliphatic heterocycles. The largest absolute Gasteiger partial charge is 0.353 e. The molecule has 0 atom stereocenters. The summed E-state index contributed by atoms with van der Waals surface area (Å²) in [6.07, 6.45) is 6.80. The van der Waals surface area contributed by atoms with Gasteiger partial charge in [-0.1, -0.05) is 0 Å². The summed E-state index contributed by atoms with van der Waals surface area (Å²) in [6, 6.07) is 0.433. The highest BCUT2D eigenvalue weighted by atomic mass is 35.5. The van der Waals surface area contributed by atoms with Crippen molar-refractivity contribution in [3.05, 3.63) is 0 Å². The third-order valence-corrected chi connectivity index (χ3v) is 3.80. The first kappa shape index (κ1) is 10.3. The number of hydrogen-bond acceptors (Lipinski definition) is 1. The number of rotatable bonds is 3. The first-order valence-electron chi connectivity index (χ1n) is 5.66. The molecule has 0 radical (unpaired) electrons. The van der Waals surface area contributed by atoms with Crippen LogP contribution in [-0.2, 0) is 4.79 Å². The fourth-order valence-electron chi connectivity index (χ4n) is 2.13. The van der Waals surface area contributed by atoms with E-state index in [9.17, 15) is 4.79 Å². The fraction of sp³-hybridized carbons (Fsp3) is 0.909. The molecule has 0 spiro atoms. The van der Waals surface area contributed by atoms with Crippen molar-refractivity contribution in [2.75, 3.05) is 5.88 Å². The van der Waals surface area contributed by atoms with E-state index in [1.54, 1.807) is 0 Å². The summed E-state index contributed by atoms with van der Waals surface area (Å²) in [6.45, 7) is 0. The predicted molar refractivity (Wildman–Crippen MR) is 57.3 cm³/mol. The standard InChI is InChI=1S/C11H18ClNO/c12-7-8-1-5-10(6-2-8)13-11(14)9-3-4-9/h8-10H,1-7H2,(H,13,14). The number of carbonyl (C=O) groups excluding carboxylic acids is 1. The minimum atomic E-state index is 0.291. The molecule has 0 heterocycles. The highest BCUT2D eigenvalue weighted by Crippen LogP contribution is 2.30. The van der Waals surface area contributed by atoms with E-state index < -0.39 is 0 Å². The Morgan fingerprint density at radius 1 is 1.14 bits per heavy atom. The molecule has 2 nitrogen and oxygen atoms in total. The number of hydrogen-bond donors (Lipinski definition) is 1. The monoisotopic (exact) mass is 215 g/mol. The minimum absolute atomic E-state index is 0.291. The molecule has 2 aliphatic rings. The highest BCUT2D eigenvalue weighted by molar-refractivity contribution is 6.18. The van der Waals surface area contributed by atoms with Crippen LogP contribution in [0.15, 0.2) is 0 Å². The zero-order valence-corrected chi connectivity index (χ0v) is 9.22. The number of halogens is 1. The lowest BCUT2D eigenvalue weighted by molar-refractivity contribution is -0.123. The zero-order valence-electron chi connectivity index (χ0n) is 8.47. The Morgan fingerprint density at radius 3 is 2.29 bits per heavy atom. The molecule has 0 aromatic rings. The van der Waals surface area contributed by atoms with Gasteiger partial charge < -0.3 is 5.32 Å². The molecule has 0 bridgehead atoms. The molecule has 0 saturated heterocycles. The van der Waals surface area contributed by atoms with Crippen LogP contribution >= 0.6 is 11.6 Å². The zero-order chi connectivity index (χ0) is 9.97. The van der Waals surface area contributed by atoms with E-state index in [1.807, 2.05) is 0 Å². The van der Waals surface area contributed by atoms with Gasteiger partial charge in [-0.3, -0.25) is 4.79 Å². The Morgan fingerprint density at radius 2 is 1.79 bits per heavy atom. The highest BCUT2D eigenvalue weighted by Gasteiger charge is 2.31. The van der Waals surface area contributed by atoms with E-state index >= 15 is 0 Å². The number of carbonyl (C=O) groups is 1. The third-order valence-electron chi connectivity index (χ3n) is 3.36. The van der Waals surface area contributed by atoms with Gasteiger partial charge in [0.15, 0.2) is 0 Å². The average Bonchev–Trinajstić information content (AvgIpc) is 3.02. The van der Waals surface area contributed by atoms with Crippen LogP contribution in [0.25, 0.3) is 0 Å². The van der Waals surface area contributed by atoms with Crippen LogP contribution in [-0.4, -0.2) is 17.8 Å². The summed E-state index contributed by atoms with van der Waals surface area (Å²) in [7, 11) is 0. The van der Waals surface area contributed by atoms with Crippen molar-refractivity contribution in [2.45, 2.75) is 44.6 Å². The first-order valence-corrected chi connectivity index (χ1v) is 6.19. The van der Waals surface area contributed by atoms with Gasteiger partial charge in [-0.25, -0.2) is 0 Å². The van der Waals surface area contributed by atoms with Crippen LogP contribution in [0, 0.1) is 11.8 Å². The third kappa shape index (κ3) is 2.63. The molecule has 0 aromatic heterocycles. The van der Waals surface area contributed by atoms with Gasteiger partial charge in [0.1, 0.15) is 0 Å². The summed E-state index contributed by atoms with van der Waals surface area (Å²) in [5, 5.41) is 3.14. The second-order valence-electron chi connectivity index (χ2n) is 4.65. The number of amides is 1. The van der Waals surface area contributed by atoms with Gasteiger partial charge in [-0.05, 0) is 44.4 Å². The molecule has 14 heavy (non-hydrogen) atoms. The van der Waals surface area contributed by atoms with Crippen molar-refractivity contribution in [3.8, 4) is 0 Å². The average molecular weight is 216 g/mol. The SMILES string of the molecule is O=C(NC1CCC(CCl)CC1)C1CC1. The van der Waals surface area contributed by atoms with Gasteiger partial charge >= 0.3 is 0 Å². The summed E-state index contributed by atoms with van der Waals surface area (Å²) in [5.41, 5.74) is 0.